The van der Waals surface area contributed by atoms with Crippen molar-refractivity contribution in [3.8, 4) is 11.1 Å². The molecule has 1 saturated carbocycles. The molecule has 136 valence electrons. The van der Waals surface area contributed by atoms with Crippen LogP contribution in [0.2, 0.25) is 5.02 Å². The third kappa shape index (κ3) is 3.08. The minimum Gasteiger partial charge on any atom is -0.207 e. The molecule has 3 nitrogen and oxygen atoms in total. The quantitative estimate of drug-likeness (QED) is 0.542. The minimum atomic E-state index is -3.53. The van der Waals surface area contributed by atoms with Gasteiger partial charge in [0, 0.05) is 17.0 Å². The molecule has 5 heteroatoms. The summed E-state index contributed by atoms with van der Waals surface area (Å²) in [6, 6.07) is 21.3. The van der Waals surface area contributed by atoms with Crippen molar-refractivity contribution in [2.24, 2.45) is 0 Å². The van der Waals surface area contributed by atoms with Crippen LogP contribution < -0.4 is 4.72 Å². The SMILES string of the molecule is O=S(=O)(N[C@H]1C[C@@H]1c1ccccc1)c1ccc2c(c1)Cc1cc(Cl)ccc1-2. The van der Waals surface area contributed by atoms with Crippen LogP contribution in [0.4, 0.5) is 0 Å². The molecule has 5 rings (SSSR count). The van der Waals surface area contributed by atoms with Crippen LogP contribution in [-0.2, 0) is 16.4 Å². The zero-order valence-corrected chi connectivity index (χ0v) is 16.1. The molecule has 0 aliphatic heterocycles. The van der Waals surface area contributed by atoms with Gasteiger partial charge in [0.25, 0.3) is 0 Å². The van der Waals surface area contributed by atoms with Gasteiger partial charge >= 0.3 is 0 Å². The number of fused-ring (bicyclic) bond motifs is 3. The lowest BCUT2D eigenvalue weighted by Gasteiger charge is -2.09. The van der Waals surface area contributed by atoms with Gasteiger partial charge in [-0.2, -0.15) is 0 Å². The summed E-state index contributed by atoms with van der Waals surface area (Å²) in [5.74, 6) is 0.266. The van der Waals surface area contributed by atoms with Crippen molar-refractivity contribution in [3.63, 3.8) is 0 Å². The predicted octanol–water partition coefficient (Wildman–Crippen LogP) is 4.75. The second-order valence-corrected chi connectivity index (χ2v) is 9.43. The predicted molar refractivity (Wildman–Crippen MR) is 108 cm³/mol. The first-order chi connectivity index (χ1) is 13.0. The monoisotopic (exact) mass is 395 g/mol. The maximum atomic E-state index is 12.9. The molecule has 2 atom stereocenters. The van der Waals surface area contributed by atoms with Crippen LogP contribution >= 0.6 is 11.6 Å². The van der Waals surface area contributed by atoms with Gasteiger partial charge in [0.15, 0.2) is 0 Å². The molecule has 1 fully saturated rings. The Balaban J connectivity index is 1.38. The van der Waals surface area contributed by atoms with Crippen LogP contribution in [0.3, 0.4) is 0 Å². The Morgan fingerprint density at radius 2 is 1.59 bits per heavy atom. The lowest BCUT2D eigenvalue weighted by atomic mass is 10.1. The van der Waals surface area contributed by atoms with E-state index in [1.54, 1.807) is 12.1 Å². The van der Waals surface area contributed by atoms with Crippen LogP contribution in [-0.4, -0.2) is 14.5 Å². The Labute approximate surface area is 164 Å². The molecule has 0 saturated heterocycles. The molecule has 0 amide bonds. The summed E-state index contributed by atoms with van der Waals surface area (Å²) in [4.78, 5) is 0.332. The maximum absolute atomic E-state index is 12.9. The third-order valence-electron chi connectivity index (χ3n) is 5.45. The summed E-state index contributed by atoms with van der Waals surface area (Å²) in [7, 11) is -3.53. The molecule has 3 aromatic rings. The van der Waals surface area contributed by atoms with Gasteiger partial charge in [-0.3, -0.25) is 0 Å². The van der Waals surface area contributed by atoms with Gasteiger partial charge in [-0.15, -0.1) is 0 Å². The summed E-state index contributed by atoms with van der Waals surface area (Å²) in [6.45, 7) is 0. The van der Waals surface area contributed by atoms with Crippen molar-refractivity contribution >= 4 is 21.6 Å². The fraction of sp³-hybridized carbons (Fsp3) is 0.182. The second-order valence-electron chi connectivity index (χ2n) is 7.28. The first-order valence-corrected chi connectivity index (χ1v) is 10.9. The fourth-order valence-electron chi connectivity index (χ4n) is 3.98. The first-order valence-electron chi connectivity index (χ1n) is 9.00. The van der Waals surface area contributed by atoms with Gasteiger partial charge in [0.1, 0.15) is 0 Å². The summed E-state index contributed by atoms with van der Waals surface area (Å²) < 4.78 is 28.6. The highest BCUT2D eigenvalue weighted by Gasteiger charge is 2.41. The highest BCUT2D eigenvalue weighted by molar-refractivity contribution is 7.89. The molecule has 2 aliphatic rings. The average molecular weight is 396 g/mol. The van der Waals surface area contributed by atoms with Crippen LogP contribution in [0.1, 0.15) is 29.0 Å². The molecular weight excluding hydrogens is 378 g/mol. The normalized spacial score (nSPS) is 20.2. The molecular formula is C22H18ClNO2S. The number of halogens is 1. The third-order valence-corrected chi connectivity index (χ3v) is 7.17. The molecule has 0 unspecified atom stereocenters. The van der Waals surface area contributed by atoms with Crippen molar-refractivity contribution in [1.29, 1.82) is 0 Å². The van der Waals surface area contributed by atoms with Crippen LogP contribution in [0, 0.1) is 0 Å². The van der Waals surface area contributed by atoms with E-state index in [1.165, 1.54) is 5.56 Å². The Morgan fingerprint density at radius 3 is 2.37 bits per heavy atom. The van der Waals surface area contributed by atoms with Crippen LogP contribution in [0.25, 0.3) is 11.1 Å². The van der Waals surface area contributed by atoms with E-state index in [0.29, 0.717) is 16.3 Å². The summed E-state index contributed by atoms with van der Waals surface area (Å²) in [5.41, 5.74) is 5.59. The van der Waals surface area contributed by atoms with E-state index in [9.17, 15) is 8.42 Å². The second kappa shape index (κ2) is 6.20. The molecule has 27 heavy (non-hydrogen) atoms. The average Bonchev–Trinajstić information content (AvgIpc) is 3.31. The highest BCUT2D eigenvalue weighted by Crippen LogP contribution is 2.42. The lowest BCUT2D eigenvalue weighted by molar-refractivity contribution is 0.580. The topological polar surface area (TPSA) is 46.2 Å². The number of benzene rings is 3. The fourth-order valence-corrected chi connectivity index (χ4v) is 5.52. The van der Waals surface area contributed by atoms with E-state index >= 15 is 0 Å². The number of sulfonamides is 1. The summed E-state index contributed by atoms with van der Waals surface area (Å²) in [5, 5.41) is 0.705. The number of hydrogen-bond donors (Lipinski definition) is 1. The van der Waals surface area contributed by atoms with Crippen molar-refractivity contribution in [1.82, 2.24) is 4.72 Å². The Bertz CT molecular complexity index is 1140. The van der Waals surface area contributed by atoms with Crippen molar-refractivity contribution < 1.29 is 8.42 Å². The molecule has 0 aromatic heterocycles. The minimum absolute atomic E-state index is 0.0262. The van der Waals surface area contributed by atoms with Crippen LogP contribution in [0.15, 0.2) is 71.6 Å². The Kier molecular flexibility index (Phi) is 3.90. The van der Waals surface area contributed by atoms with Crippen molar-refractivity contribution in [2.45, 2.75) is 29.7 Å². The number of nitrogens with one attached hydrogen (secondary N) is 1. The summed E-state index contributed by atoms with van der Waals surface area (Å²) in [6.07, 6.45) is 1.56. The van der Waals surface area contributed by atoms with Gasteiger partial charge in [0.05, 0.1) is 4.90 Å². The zero-order chi connectivity index (χ0) is 18.6. The van der Waals surface area contributed by atoms with Crippen molar-refractivity contribution in [3.05, 3.63) is 88.4 Å². The Hall–Kier alpha value is -2.14. The molecule has 0 bridgehead atoms. The van der Waals surface area contributed by atoms with Gasteiger partial charge in [0.2, 0.25) is 10.0 Å². The van der Waals surface area contributed by atoms with E-state index < -0.39 is 10.0 Å². The molecule has 1 N–H and O–H groups in total. The molecule has 0 heterocycles. The van der Waals surface area contributed by atoms with Crippen LogP contribution in [0.5, 0.6) is 0 Å². The molecule has 2 aliphatic carbocycles. The smallest absolute Gasteiger partial charge is 0.207 e. The van der Waals surface area contributed by atoms with Gasteiger partial charge in [-0.05, 0) is 64.9 Å². The molecule has 0 spiro atoms. The summed E-state index contributed by atoms with van der Waals surface area (Å²) >= 11 is 6.09. The largest absolute Gasteiger partial charge is 0.240 e. The van der Waals surface area contributed by atoms with E-state index in [0.717, 1.165) is 28.7 Å². The van der Waals surface area contributed by atoms with Gasteiger partial charge < -0.3 is 0 Å². The first kappa shape index (κ1) is 17.0. The van der Waals surface area contributed by atoms with E-state index in [-0.39, 0.29) is 12.0 Å². The van der Waals surface area contributed by atoms with Gasteiger partial charge in [-0.1, -0.05) is 54.1 Å². The standard InChI is InChI=1S/C22H18ClNO2S/c23-17-6-8-19-15(11-17)10-16-12-18(7-9-20(16)19)27(25,26)24-22-13-21(22)14-4-2-1-3-5-14/h1-9,11-12,21-22,24H,10,13H2/t21-,22+/m1/s1. The molecule has 3 aromatic carbocycles. The highest BCUT2D eigenvalue weighted by atomic mass is 35.5. The van der Waals surface area contributed by atoms with Gasteiger partial charge in [-0.25, -0.2) is 13.1 Å². The number of rotatable bonds is 4. The zero-order valence-electron chi connectivity index (χ0n) is 14.5. The van der Waals surface area contributed by atoms with Crippen molar-refractivity contribution in [2.75, 3.05) is 0 Å². The van der Waals surface area contributed by atoms with E-state index in [1.807, 2.05) is 42.5 Å². The Morgan fingerprint density at radius 1 is 0.889 bits per heavy atom. The maximum Gasteiger partial charge on any atom is 0.240 e. The lowest BCUT2D eigenvalue weighted by Crippen LogP contribution is -2.27. The van der Waals surface area contributed by atoms with E-state index in [4.69, 9.17) is 11.6 Å². The number of hydrogen-bond acceptors (Lipinski definition) is 2. The molecule has 0 radical (unpaired) electrons. The van der Waals surface area contributed by atoms with E-state index in [2.05, 4.69) is 16.9 Å².